The molecule has 0 spiro atoms. The number of alkyl halides is 3. The Balaban J connectivity index is 2.79. The van der Waals surface area contributed by atoms with Crippen LogP contribution in [0.1, 0.15) is 5.56 Å². The smallest absolute Gasteiger partial charge is 0.343 e. The van der Waals surface area contributed by atoms with E-state index in [1.807, 2.05) is 0 Å². The van der Waals surface area contributed by atoms with Gasteiger partial charge in [0.05, 0.1) is 6.42 Å². The Kier molecular flexibility index (Phi) is 3.34. The van der Waals surface area contributed by atoms with Crippen molar-refractivity contribution in [2.75, 3.05) is 0 Å². The highest BCUT2D eigenvalue weighted by Crippen LogP contribution is 2.21. The molecule has 0 amide bonds. The fourth-order valence-corrected chi connectivity index (χ4v) is 1.45. The molecule has 0 aromatic heterocycles. The highest BCUT2D eigenvalue weighted by Gasteiger charge is 2.27. The fourth-order valence-electron chi connectivity index (χ4n) is 0.997. The molecule has 0 aliphatic carbocycles. The van der Waals surface area contributed by atoms with Crippen LogP contribution in [-0.4, -0.2) is 11.1 Å². The Morgan fingerprint density at radius 2 is 1.71 bits per heavy atom. The first-order valence-corrected chi connectivity index (χ1v) is 5.13. The minimum Gasteiger partial charge on any atom is -0.343 e. The molecule has 1 unspecified atom stereocenters. The van der Waals surface area contributed by atoms with Gasteiger partial charge in [0.2, 0.25) is 8.03 Å². The lowest BCUT2D eigenvalue weighted by Gasteiger charge is -2.06. The summed E-state index contributed by atoms with van der Waals surface area (Å²) in [4.78, 5) is 8.67. The van der Waals surface area contributed by atoms with E-state index in [0.717, 1.165) is 0 Å². The van der Waals surface area contributed by atoms with E-state index in [1.54, 1.807) is 0 Å². The van der Waals surface area contributed by atoms with Crippen LogP contribution in [0.5, 0.6) is 0 Å². The zero-order valence-corrected chi connectivity index (χ0v) is 8.01. The summed E-state index contributed by atoms with van der Waals surface area (Å²) in [5, 5.41) is 0.168. The topological polar surface area (TPSA) is 37.3 Å². The molecule has 0 fully saturated rings. The van der Waals surface area contributed by atoms with Gasteiger partial charge in [-0.25, -0.2) is 0 Å². The van der Waals surface area contributed by atoms with Gasteiger partial charge in [0.25, 0.3) is 0 Å². The van der Waals surface area contributed by atoms with Gasteiger partial charge >= 0.3 is 6.18 Å². The van der Waals surface area contributed by atoms with Crippen molar-refractivity contribution >= 4 is 13.3 Å². The Bertz CT molecular complexity index is 331. The van der Waals surface area contributed by atoms with Crippen molar-refractivity contribution in [3.63, 3.8) is 0 Å². The molecular weight excluding hydrogens is 216 g/mol. The van der Waals surface area contributed by atoms with E-state index >= 15 is 0 Å². The molecule has 0 saturated carbocycles. The van der Waals surface area contributed by atoms with E-state index in [2.05, 4.69) is 0 Å². The van der Waals surface area contributed by atoms with Gasteiger partial charge in [-0.1, -0.05) is 12.1 Å². The molecule has 1 N–H and O–H groups in total. The quantitative estimate of drug-likeness (QED) is 0.779. The average molecular weight is 224 g/mol. The van der Waals surface area contributed by atoms with Crippen LogP contribution in [0, 0.1) is 0 Å². The Hall–Kier alpha value is -0.800. The lowest BCUT2D eigenvalue weighted by Crippen LogP contribution is -2.11. The third-order valence-electron chi connectivity index (χ3n) is 1.61. The first kappa shape index (κ1) is 11.3. The van der Waals surface area contributed by atoms with E-state index in [4.69, 9.17) is 4.89 Å². The van der Waals surface area contributed by atoms with Gasteiger partial charge in [-0.05, 0) is 17.7 Å². The molecule has 1 rings (SSSR count). The highest BCUT2D eigenvalue weighted by molar-refractivity contribution is 7.47. The molecular formula is C8H8F3O2P. The van der Waals surface area contributed by atoms with Crippen molar-refractivity contribution < 1.29 is 22.6 Å². The van der Waals surface area contributed by atoms with Crippen LogP contribution in [-0.2, 0) is 11.0 Å². The van der Waals surface area contributed by atoms with Crippen molar-refractivity contribution in [1.82, 2.24) is 0 Å². The third kappa shape index (κ3) is 3.52. The van der Waals surface area contributed by atoms with E-state index in [0.29, 0.717) is 0 Å². The molecule has 1 aromatic carbocycles. The largest absolute Gasteiger partial charge is 0.393 e. The Morgan fingerprint density at radius 3 is 2.07 bits per heavy atom. The van der Waals surface area contributed by atoms with Crippen molar-refractivity contribution in [3.05, 3.63) is 29.8 Å². The lowest BCUT2D eigenvalue weighted by atomic mass is 10.1. The molecule has 1 aromatic rings. The second-order valence-electron chi connectivity index (χ2n) is 2.79. The molecule has 14 heavy (non-hydrogen) atoms. The third-order valence-corrected chi connectivity index (χ3v) is 2.43. The minimum absolute atomic E-state index is 0.0875. The van der Waals surface area contributed by atoms with Crippen LogP contribution in [0.2, 0.25) is 0 Å². The minimum atomic E-state index is -4.24. The normalized spacial score (nSPS) is 14.0. The summed E-state index contributed by atoms with van der Waals surface area (Å²) in [6.45, 7) is 0. The molecule has 0 aliphatic rings. The molecule has 0 saturated heterocycles. The number of rotatable bonds is 2. The van der Waals surface area contributed by atoms with Crippen LogP contribution in [0.3, 0.4) is 0 Å². The van der Waals surface area contributed by atoms with Crippen molar-refractivity contribution in [2.45, 2.75) is 12.6 Å². The van der Waals surface area contributed by atoms with Gasteiger partial charge in [-0.15, -0.1) is 0 Å². The van der Waals surface area contributed by atoms with Gasteiger partial charge in [-0.3, -0.25) is 4.57 Å². The fraction of sp³-hybridized carbons (Fsp3) is 0.250. The van der Waals surface area contributed by atoms with Crippen LogP contribution >= 0.6 is 8.03 Å². The zero-order chi connectivity index (χ0) is 10.8. The maximum absolute atomic E-state index is 11.9. The summed E-state index contributed by atoms with van der Waals surface area (Å²) >= 11 is 0. The molecule has 78 valence electrons. The summed E-state index contributed by atoms with van der Waals surface area (Å²) in [5.74, 6) is 0. The first-order valence-electron chi connectivity index (χ1n) is 3.77. The van der Waals surface area contributed by atoms with E-state index in [1.165, 1.54) is 24.3 Å². The van der Waals surface area contributed by atoms with Gasteiger partial charge in [0.15, 0.2) is 0 Å². The summed E-state index contributed by atoms with van der Waals surface area (Å²) in [7, 11) is -2.80. The molecule has 0 aliphatic heterocycles. The summed E-state index contributed by atoms with van der Waals surface area (Å²) in [6, 6.07) is 4.90. The number of hydrogen-bond acceptors (Lipinski definition) is 1. The number of halogens is 3. The predicted molar refractivity (Wildman–Crippen MR) is 47.1 cm³/mol. The Labute approximate surface area is 79.2 Å². The molecule has 6 heteroatoms. The molecule has 0 bridgehead atoms. The lowest BCUT2D eigenvalue weighted by molar-refractivity contribution is -0.127. The van der Waals surface area contributed by atoms with Crippen molar-refractivity contribution in [1.29, 1.82) is 0 Å². The molecule has 1 atom stereocenters. The maximum Gasteiger partial charge on any atom is 0.393 e. The second kappa shape index (κ2) is 4.15. The Morgan fingerprint density at radius 1 is 1.21 bits per heavy atom. The van der Waals surface area contributed by atoms with Gasteiger partial charge in [0, 0.05) is 5.30 Å². The number of benzene rings is 1. The summed E-state index contributed by atoms with van der Waals surface area (Å²) < 4.78 is 46.2. The van der Waals surface area contributed by atoms with E-state index in [9.17, 15) is 17.7 Å². The summed E-state index contributed by atoms with van der Waals surface area (Å²) in [5.41, 5.74) is 0.0875. The summed E-state index contributed by atoms with van der Waals surface area (Å²) in [6.07, 6.45) is -5.26. The van der Waals surface area contributed by atoms with E-state index < -0.39 is 20.6 Å². The number of hydrogen-bond donors (Lipinski definition) is 1. The maximum atomic E-state index is 11.9. The van der Waals surface area contributed by atoms with Gasteiger partial charge in [-0.2, -0.15) is 13.2 Å². The van der Waals surface area contributed by atoms with Crippen molar-refractivity contribution in [2.24, 2.45) is 0 Å². The molecule has 0 radical (unpaired) electrons. The van der Waals surface area contributed by atoms with Crippen LogP contribution < -0.4 is 5.30 Å². The first-order chi connectivity index (χ1) is 6.38. The standard InChI is InChI=1S/C8H8F3O2P/c9-8(10,11)5-6-1-3-7(4-2-6)14(12)13/h1-4,14H,5H2,(H,12,13). The highest BCUT2D eigenvalue weighted by atomic mass is 31.1. The van der Waals surface area contributed by atoms with Crippen molar-refractivity contribution in [3.8, 4) is 0 Å². The van der Waals surface area contributed by atoms with Crippen LogP contribution in [0.4, 0.5) is 13.2 Å². The van der Waals surface area contributed by atoms with Crippen LogP contribution in [0.15, 0.2) is 24.3 Å². The monoisotopic (exact) mass is 224 g/mol. The van der Waals surface area contributed by atoms with E-state index in [-0.39, 0.29) is 10.9 Å². The zero-order valence-electron chi connectivity index (χ0n) is 7.01. The van der Waals surface area contributed by atoms with Crippen LogP contribution in [0.25, 0.3) is 0 Å². The average Bonchev–Trinajstić information content (AvgIpc) is 2.02. The molecule has 2 nitrogen and oxygen atoms in total. The SMILES string of the molecule is O=[PH](O)c1ccc(CC(F)(F)F)cc1. The predicted octanol–water partition coefficient (Wildman–Crippen LogP) is 1.88. The molecule has 0 heterocycles. The van der Waals surface area contributed by atoms with Gasteiger partial charge < -0.3 is 4.89 Å². The second-order valence-corrected chi connectivity index (χ2v) is 3.98. The van der Waals surface area contributed by atoms with Gasteiger partial charge in [0.1, 0.15) is 0 Å².